The Morgan fingerprint density at radius 2 is 2.12 bits per heavy atom. The highest BCUT2D eigenvalue weighted by Crippen LogP contribution is 2.26. The Hall–Kier alpha value is -0.570. The van der Waals surface area contributed by atoms with Gasteiger partial charge >= 0.3 is 0 Å². The second-order valence-corrected chi connectivity index (χ2v) is 6.73. The van der Waals surface area contributed by atoms with Gasteiger partial charge in [0.1, 0.15) is 0 Å². The van der Waals surface area contributed by atoms with E-state index in [1.807, 2.05) is 11.9 Å². The first-order valence-corrected chi connectivity index (χ1v) is 6.76. The van der Waals surface area contributed by atoms with E-state index in [1.165, 1.54) is 0 Å². The molecule has 3 nitrogen and oxygen atoms in total. The molecule has 2 atom stereocenters. The number of likely N-dealkylation sites (N-methyl/N-ethyl adjacent to an activating group) is 1. The summed E-state index contributed by atoms with van der Waals surface area (Å²) in [5, 5.41) is 3.31. The first kappa shape index (κ1) is 14.5. The predicted molar refractivity (Wildman–Crippen MR) is 71.9 cm³/mol. The zero-order valence-corrected chi connectivity index (χ0v) is 12.0. The van der Waals surface area contributed by atoms with Gasteiger partial charge in [-0.05, 0) is 30.7 Å². The third-order valence-electron chi connectivity index (χ3n) is 3.46. The first-order chi connectivity index (χ1) is 7.79. The number of carbonyl (C=O) groups is 1. The molecule has 0 bridgehead atoms. The van der Waals surface area contributed by atoms with Gasteiger partial charge in [-0.3, -0.25) is 4.79 Å². The fraction of sp³-hybridized carbons (Fsp3) is 0.929. The summed E-state index contributed by atoms with van der Waals surface area (Å²) in [5.41, 5.74) is 0.313. The molecule has 1 heterocycles. The van der Waals surface area contributed by atoms with Crippen molar-refractivity contribution in [1.82, 2.24) is 10.2 Å². The number of nitrogens with zero attached hydrogens (tertiary/aromatic N) is 1. The van der Waals surface area contributed by atoms with Crippen molar-refractivity contribution in [3.05, 3.63) is 0 Å². The molecule has 1 aliphatic rings. The van der Waals surface area contributed by atoms with Crippen LogP contribution >= 0.6 is 0 Å². The molecule has 1 saturated heterocycles. The Morgan fingerprint density at radius 1 is 1.47 bits per heavy atom. The number of nitrogens with one attached hydrogen (secondary N) is 1. The Labute approximate surface area is 106 Å². The van der Waals surface area contributed by atoms with Crippen LogP contribution in [0.4, 0.5) is 0 Å². The minimum absolute atomic E-state index is 0.301. The van der Waals surface area contributed by atoms with E-state index >= 15 is 0 Å². The number of rotatable bonds is 4. The highest BCUT2D eigenvalue weighted by molar-refractivity contribution is 5.76. The molecule has 0 saturated carbocycles. The van der Waals surface area contributed by atoms with Crippen molar-refractivity contribution in [2.75, 3.05) is 20.1 Å². The fourth-order valence-electron chi connectivity index (χ4n) is 2.73. The fourth-order valence-corrected chi connectivity index (χ4v) is 2.73. The number of amides is 1. The summed E-state index contributed by atoms with van der Waals surface area (Å²) >= 11 is 0. The van der Waals surface area contributed by atoms with E-state index < -0.39 is 0 Å². The molecule has 0 aromatic rings. The third-order valence-corrected chi connectivity index (χ3v) is 3.46. The molecule has 2 unspecified atom stereocenters. The molecule has 0 aromatic carbocycles. The average Bonchev–Trinajstić information content (AvgIpc) is 2.65. The van der Waals surface area contributed by atoms with Crippen LogP contribution in [0.2, 0.25) is 0 Å². The maximum atomic E-state index is 12.1. The van der Waals surface area contributed by atoms with Gasteiger partial charge in [0.15, 0.2) is 0 Å². The molecule has 0 spiro atoms. The molecular formula is C14H28N2O. The first-order valence-electron chi connectivity index (χ1n) is 6.76. The van der Waals surface area contributed by atoms with Gasteiger partial charge in [0.25, 0.3) is 0 Å². The molecule has 1 amide bonds. The molecule has 3 heteroatoms. The van der Waals surface area contributed by atoms with Crippen LogP contribution in [0.15, 0.2) is 0 Å². The van der Waals surface area contributed by atoms with Crippen molar-refractivity contribution >= 4 is 5.91 Å². The predicted octanol–water partition coefficient (Wildman–Crippen LogP) is 2.27. The van der Waals surface area contributed by atoms with Gasteiger partial charge in [-0.15, -0.1) is 0 Å². The van der Waals surface area contributed by atoms with Gasteiger partial charge < -0.3 is 10.2 Å². The number of carbonyl (C=O) groups excluding carboxylic acids is 1. The molecule has 1 fully saturated rings. The lowest BCUT2D eigenvalue weighted by molar-refractivity contribution is -0.132. The molecular weight excluding hydrogens is 212 g/mol. The summed E-state index contributed by atoms with van der Waals surface area (Å²) in [6.07, 6.45) is 2.88. The quantitative estimate of drug-likeness (QED) is 0.817. The van der Waals surface area contributed by atoms with Crippen molar-refractivity contribution < 1.29 is 4.79 Å². The second-order valence-electron chi connectivity index (χ2n) is 6.73. The molecule has 1 aliphatic heterocycles. The highest BCUT2D eigenvalue weighted by atomic mass is 16.2. The smallest absolute Gasteiger partial charge is 0.222 e. The topological polar surface area (TPSA) is 32.3 Å². The van der Waals surface area contributed by atoms with E-state index in [2.05, 4.69) is 33.0 Å². The van der Waals surface area contributed by atoms with E-state index in [9.17, 15) is 4.79 Å². The normalized spacial score (nSPS) is 22.5. The minimum atomic E-state index is 0.301. The van der Waals surface area contributed by atoms with Crippen molar-refractivity contribution in [2.45, 2.75) is 53.0 Å². The maximum Gasteiger partial charge on any atom is 0.222 e. The Balaban J connectivity index is 2.37. The summed E-state index contributed by atoms with van der Waals surface area (Å²) in [7, 11) is 1.95. The molecule has 100 valence electrons. The average molecular weight is 240 g/mol. The monoisotopic (exact) mass is 240 g/mol. The summed E-state index contributed by atoms with van der Waals surface area (Å²) in [5.74, 6) is 0.773. The maximum absolute atomic E-state index is 12.1. The second kappa shape index (κ2) is 5.85. The van der Waals surface area contributed by atoms with E-state index in [4.69, 9.17) is 0 Å². The van der Waals surface area contributed by atoms with Crippen LogP contribution in [0.1, 0.15) is 47.0 Å². The molecule has 0 aromatic heterocycles. The lowest BCUT2D eigenvalue weighted by atomic mass is 9.84. The molecule has 1 N–H and O–H groups in total. The molecule has 17 heavy (non-hydrogen) atoms. The summed E-state index contributed by atoms with van der Waals surface area (Å²) in [4.78, 5) is 14.1. The van der Waals surface area contributed by atoms with Crippen LogP contribution in [0, 0.1) is 11.3 Å². The standard InChI is InChI=1S/C14H28N2O/c1-11(9-14(2,3)4)8-13(17)16(5)12-6-7-15-10-12/h11-12,15H,6-10H2,1-5H3. The lowest BCUT2D eigenvalue weighted by Crippen LogP contribution is -2.39. The van der Waals surface area contributed by atoms with E-state index in [0.29, 0.717) is 29.7 Å². The lowest BCUT2D eigenvalue weighted by Gasteiger charge is -2.27. The summed E-state index contributed by atoms with van der Waals surface area (Å²) in [6.45, 7) is 10.9. The van der Waals surface area contributed by atoms with Crippen molar-refractivity contribution in [3.63, 3.8) is 0 Å². The minimum Gasteiger partial charge on any atom is -0.341 e. The van der Waals surface area contributed by atoms with Crippen LogP contribution in [-0.2, 0) is 4.79 Å². The zero-order valence-electron chi connectivity index (χ0n) is 12.0. The molecule has 0 aliphatic carbocycles. The third kappa shape index (κ3) is 5.07. The number of hydrogen-bond donors (Lipinski definition) is 1. The summed E-state index contributed by atoms with van der Waals surface area (Å²) in [6, 6.07) is 0.407. The van der Waals surface area contributed by atoms with E-state index in [0.717, 1.165) is 25.9 Å². The van der Waals surface area contributed by atoms with E-state index in [-0.39, 0.29) is 0 Å². The van der Waals surface area contributed by atoms with Gasteiger partial charge in [-0.1, -0.05) is 27.7 Å². The van der Waals surface area contributed by atoms with E-state index in [1.54, 1.807) is 0 Å². The SMILES string of the molecule is CC(CC(=O)N(C)C1CCNC1)CC(C)(C)C. The van der Waals surface area contributed by atoms with Crippen molar-refractivity contribution in [2.24, 2.45) is 11.3 Å². The van der Waals surface area contributed by atoms with Crippen LogP contribution in [0.25, 0.3) is 0 Å². The van der Waals surface area contributed by atoms with Gasteiger partial charge in [0.05, 0.1) is 0 Å². The van der Waals surface area contributed by atoms with Crippen molar-refractivity contribution in [1.29, 1.82) is 0 Å². The Morgan fingerprint density at radius 3 is 2.59 bits per heavy atom. The van der Waals surface area contributed by atoms with Crippen LogP contribution in [0.5, 0.6) is 0 Å². The van der Waals surface area contributed by atoms with Gasteiger partial charge in [0.2, 0.25) is 5.91 Å². The highest BCUT2D eigenvalue weighted by Gasteiger charge is 2.25. The molecule has 1 rings (SSSR count). The number of hydrogen-bond acceptors (Lipinski definition) is 2. The largest absolute Gasteiger partial charge is 0.341 e. The van der Waals surface area contributed by atoms with Gasteiger partial charge in [-0.2, -0.15) is 0 Å². The van der Waals surface area contributed by atoms with Crippen molar-refractivity contribution in [3.8, 4) is 0 Å². The van der Waals surface area contributed by atoms with Crippen LogP contribution < -0.4 is 5.32 Å². The van der Waals surface area contributed by atoms with Crippen LogP contribution in [0.3, 0.4) is 0 Å². The Bertz CT molecular complexity index is 251. The van der Waals surface area contributed by atoms with Gasteiger partial charge in [0, 0.05) is 26.1 Å². The Kier molecular flexibility index (Phi) is 4.99. The molecule has 0 radical (unpaired) electrons. The van der Waals surface area contributed by atoms with Crippen LogP contribution in [-0.4, -0.2) is 37.0 Å². The summed E-state index contributed by atoms with van der Waals surface area (Å²) < 4.78 is 0. The van der Waals surface area contributed by atoms with Gasteiger partial charge in [-0.25, -0.2) is 0 Å². The zero-order chi connectivity index (χ0) is 13.1.